The minimum Gasteiger partial charge on any atom is -0.300 e. The molecule has 0 radical (unpaired) electrons. The van der Waals surface area contributed by atoms with Crippen molar-refractivity contribution in [3.05, 3.63) is 35.9 Å². The van der Waals surface area contributed by atoms with Gasteiger partial charge in [-0.3, -0.25) is 4.79 Å². The third-order valence-electron chi connectivity index (χ3n) is 2.43. The number of carbonyl (C=O) groups excluding carboxylic acids is 1. The zero-order valence-corrected chi connectivity index (χ0v) is 8.99. The summed E-state index contributed by atoms with van der Waals surface area (Å²) in [6, 6.07) is 10.2. The van der Waals surface area contributed by atoms with Gasteiger partial charge in [0.05, 0.1) is 0 Å². The molecule has 1 nitrogen and oxygen atoms in total. The molecule has 1 rings (SSSR count). The predicted octanol–water partition coefficient (Wildman–Crippen LogP) is 3.55. The first-order chi connectivity index (χ1) is 6.74. The van der Waals surface area contributed by atoms with E-state index < -0.39 is 0 Å². The van der Waals surface area contributed by atoms with Crippen molar-refractivity contribution in [1.82, 2.24) is 0 Å². The third-order valence-corrected chi connectivity index (χ3v) is 2.43. The molecule has 0 bridgehead atoms. The molecular weight excluding hydrogens is 172 g/mol. The zero-order valence-electron chi connectivity index (χ0n) is 8.99. The average molecular weight is 190 g/mol. The Kier molecular flexibility index (Phi) is 4.37. The number of hydrogen-bond donors (Lipinski definition) is 0. The summed E-state index contributed by atoms with van der Waals surface area (Å²) in [6.45, 7) is 4.16. The van der Waals surface area contributed by atoms with Crippen LogP contribution in [0.1, 0.15) is 44.6 Å². The highest BCUT2D eigenvalue weighted by molar-refractivity contribution is 5.79. The summed E-state index contributed by atoms with van der Waals surface area (Å²) in [4.78, 5) is 11.4. The Hall–Kier alpha value is -1.11. The van der Waals surface area contributed by atoms with Crippen LogP contribution in [0, 0.1) is 0 Å². The van der Waals surface area contributed by atoms with Gasteiger partial charge in [-0.1, -0.05) is 44.2 Å². The molecule has 0 aromatic heterocycles. The molecule has 1 heteroatoms. The number of ketones is 1. The van der Waals surface area contributed by atoms with Crippen molar-refractivity contribution >= 4 is 5.78 Å². The van der Waals surface area contributed by atoms with Gasteiger partial charge < -0.3 is 0 Å². The van der Waals surface area contributed by atoms with Crippen LogP contribution in [-0.2, 0) is 4.79 Å². The predicted molar refractivity (Wildman–Crippen MR) is 59.4 cm³/mol. The highest BCUT2D eigenvalue weighted by Crippen LogP contribution is 2.19. The van der Waals surface area contributed by atoms with Gasteiger partial charge in [-0.25, -0.2) is 0 Å². The van der Waals surface area contributed by atoms with E-state index in [1.807, 2.05) is 25.1 Å². The Balaban J connectivity index is 2.50. The minimum atomic E-state index is 0.357. The van der Waals surface area contributed by atoms with Crippen LogP contribution in [-0.4, -0.2) is 5.78 Å². The molecule has 0 fully saturated rings. The van der Waals surface area contributed by atoms with E-state index in [0.717, 1.165) is 12.8 Å². The fourth-order valence-corrected chi connectivity index (χ4v) is 1.62. The molecule has 0 saturated heterocycles. The topological polar surface area (TPSA) is 17.1 Å². The standard InChI is InChI=1S/C13H18O/c1-3-7-13(14)10-11(2)12-8-5-4-6-9-12/h4-6,8-9,11H,3,7,10H2,1-2H3/t11-/m1/s1. The summed E-state index contributed by atoms with van der Waals surface area (Å²) >= 11 is 0. The molecule has 0 saturated carbocycles. The van der Waals surface area contributed by atoms with Gasteiger partial charge in [0.2, 0.25) is 0 Å². The van der Waals surface area contributed by atoms with Gasteiger partial charge in [0.1, 0.15) is 5.78 Å². The molecule has 1 atom stereocenters. The lowest BCUT2D eigenvalue weighted by Gasteiger charge is -2.10. The first kappa shape index (κ1) is 11.0. The van der Waals surface area contributed by atoms with Crippen molar-refractivity contribution < 1.29 is 4.79 Å². The average Bonchev–Trinajstić information content (AvgIpc) is 2.19. The molecule has 76 valence electrons. The van der Waals surface area contributed by atoms with Crippen molar-refractivity contribution in [1.29, 1.82) is 0 Å². The molecule has 0 N–H and O–H groups in total. The van der Waals surface area contributed by atoms with E-state index in [4.69, 9.17) is 0 Å². The highest BCUT2D eigenvalue weighted by Gasteiger charge is 2.09. The fourth-order valence-electron chi connectivity index (χ4n) is 1.62. The number of Topliss-reactive ketones (excluding diaryl/α,β-unsaturated/α-hetero) is 1. The van der Waals surface area contributed by atoms with E-state index in [1.54, 1.807) is 0 Å². The molecule has 0 aliphatic carbocycles. The summed E-state index contributed by atoms with van der Waals surface area (Å²) in [5, 5.41) is 0. The van der Waals surface area contributed by atoms with Crippen LogP contribution in [0.3, 0.4) is 0 Å². The van der Waals surface area contributed by atoms with E-state index in [1.165, 1.54) is 5.56 Å². The highest BCUT2D eigenvalue weighted by atomic mass is 16.1. The molecule has 0 unspecified atom stereocenters. The van der Waals surface area contributed by atoms with Gasteiger partial charge in [-0.05, 0) is 17.9 Å². The second-order valence-corrected chi connectivity index (χ2v) is 3.80. The van der Waals surface area contributed by atoms with Gasteiger partial charge in [-0.2, -0.15) is 0 Å². The van der Waals surface area contributed by atoms with Crippen LogP contribution in [0.4, 0.5) is 0 Å². The largest absolute Gasteiger partial charge is 0.300 e. The molecule has 1 aromatic rings. The number of rotatable bonds is 5. The third kappa shape index (κ3) is 3.33. The van der Waals surface area contributed by atoms with Crippen molar-refractivity contribution in [3.8, 4) is 0 Å². The SMILES string of the molecule is CCCC(=O)C[C@@H](C)c1ccccc1. The second kappa shape index (κ2) is 5.58. The maximum atomic E-state index is 11.4. The van der Waals surface area contributed by atoms with Crippen molar-refractivity contribution in [3.63, 3.8) is 0 Å². The minimum absolute atomic E-state index is 0.357. The zero-order chi connectivity index (χ0) is 10.4. The van der Waals surface area contributed by atoms with Crippen LogP contribution in [0.2, 0.25) is 0 Å². The normalized spacial score (nSPS) is 12.4. The summed E-state index contributed by atoms with van der Waals surface area (Å²) < 4.78 is 0. The monoisotopic (exact) mass is 190 g/mol. The lowest BCUT2D eigenvalue weighted by Crippen LogP contribution is -2.03. The maximum absolute atomic E-state index is 11.4. The first-order valence-electron chi connectivity index (χ1n) is 5.30. The molecule has 0 amide bonds. The molecule has 0 aliphatic rings. The lowest BCUT2D eigenvalue weighted by molar-refractivity contribution is -0.119. The Labute approximate surface area is 86.1 Å². The van der Waals surface area contributed by atoms with E-state index in [2.05, 4.69) is 19.1 Å². The lowest BCUT2D eigenvalue weighted by atomic mass is 9.94. The fraction of sp³-hybridized carbons (Fsp3) is 0.462. The Morgan fingerprint density at radius 1 is 1.29 bits per heavy atom. The summed E-state index contributed by atoms with van der Waals surface area (Å²) in [7, 11) is 0. The van der Waals surface area contributed by atoms with E-state index >= 15 is 0 Å². The molecule has 0 heterocycles. The van der Waals surface area contributed by atoms with Crippen LogP contribution in [0.15, 0.2) is 30.3 Å². The van der Waals surface area contributed by atoms with Gasteiger partial charge >= 0.3 is 0 Å². The quantitative estimate of drug-likeness (QED) is 0.694. The summed E-state index contributed by atoms with van der Waals surface area (Å²) in [5.74, 6) is 0.735. The van der Waals surface area contributed by atoms with Gasteiger partial charge in [0.15, 0.2) is 0 Å². The summed E-state index contributed by atoms with van der Waals surface area (Å²) in [5.41, 5.74) is 1.26. The first-order valence-corrected chi connectivity index (χ1v) is 5.30. The Bertz CT molecular complexity index is 277. The summed E-state index contributed by atoms with van der Waals surface area (Å²) in [6.07, 6.45) is 2.36. The van der Waals surface area contributed by atoms with E-state index in [9.17, 15) is 4.79 Å². The molecule has 0 aliphatic heterocycles. The van der Waals surface area contributed by atoms with Gasteiger partial charge in [-0.15, -0.1) is 0 Å². The van der Waals surface area contributed by atoms with E-state index in [0.29, 0.717) is 18.1 Å². The van der Waals surface area contributed by atoms with Gasteiger partial charge in [0.25, 0.3) is 0 Å². The Morgan fingerprint density at radius 2 is 1.93 bits per heavy atom. The second-order valence-electron chi connectivity index (χ2n) is 3.80. The molecule has 0 spiro atoms. The number of carbonyl (C=O) groups is 1. The van der Waals surface area contributed by atoms with Crippen molar-refractivity contribution in [2.75, 3.05) is 0 Å². The van der Waals surface area contributed by atoms with Gasteiger partial charge in [0, 0.05) is 12.8 Å². The maximum Gasteiger partial charge on any atom is 0.133 e. The van der Waals surface area contributed by atoms with E-state index in [-0.39, 0.29) is 0 Å². The number of hydrogen-bond acceptors (Lipinski definition) is 1. The van der Waals surface area contributed by atoms with Crippen molar-refractivity contribution in [2.45, 2.75) is 39.0 Å². The van der Waals surface area contributed by atoms with Crippen LogP contribution < -0.4 is 0 Å². The molecule has 14 heavy (non-hydrogen) atoms. The smallest absolute Gasteiger partial charge is 0.133 e. The number of benzene rings is 1. The van der Waals surface area contributed by atoms with Crippen LogP contribution >= 0.6 is 0 Å². The van der Waals surface area contributed by atoms with Crippen LogP contribution in [0.25, 0.3) is 0 Å². The van der Waals surface area contributed by atoms with Crippen LogP contribution in [0.5, 0.6) is 0 Å². The Morgan fingerprint density at radius 3 is 2.50 bits per heavy atom. The van der Waals surface area contributed by atoms with Crippen molar-refractivity contribution in [2.24, 2.45) is 0 Å². The molecule has 1 aromatic carbocycles. The molecular formula is C13H18O.